The van der Waals surface area contributed by atoms with Crippen molar-refractivity contribution in [3.8, 4) is 0 Å². The molecule has 0 aliphatic rings. The van der Waals surface area contributed by atoms with E-state index in [4.69, 9.17) is 4.74 Å². The minimum absolute atomic E-state index is 0.0319. The topological polar surface area (TPSA) is 94.1 Å². The van der Waals surface area contributed by atoms with Crippen LogP contribution < -0.4 is 5.56 Å². The summed E-state index contributed by atoms with van der Waals surface area (Å²) in [5.41, 5.74) is 3.01. The Kier molecular flexibility index (Phi) is 5.75. The number of fused-ring (bicyclic) bond motifs is 1. The SMILES string of the molecule is CCc1cccc2c(C(=O)COC(=O)c3ccc(=O)n(Cc4ccccc4)n3)c[nH]c12. The van der Waals surface area contributed by atoms with Crippen molar-refractivity contribution in [1.29, 1.82) is 0 Å². The van der Waals surface area contributed by atoms with Crippen LogP contribution in [0.2, 0.25) is 0 Å². The zero-order valence-electron chi connectivity index (χ0n) is 17.0. The van der Waals surface area contributed by atoms with Crippen LogP contribution in [0.4, 0.5) is 0 Å². The summed E-state index contributed by atoms with van der Waals surface area (Å²) in [6.07, 6.45) is 2.48. The second-order valence-electron chi connectivity index (χ2n) is 7.09. The van der Waals surface area contributed by atoms with Gasteiger partial charge in [-0.25, -0.2) is 9.48 Å². The van der Waals surface area contributed by atoms with Crippen molar-refractivity contribution in [2.45, 2.75) is 19.9 Å². The second-order valence-corrected chi connectivity index (χ2v) is 7.09. The minimum Gasteiger partial charge on any atom is -0.453 e. The van der Waals surface area contributed by atoms with Crippen LogP contribution >= 0.6 is 0 Å². The van der Waals surface area contributed by atoms with Crippen molar-refractivity contribution in [2.75, 3.05) is 6.61 Å². The molecule has 0 radical (unpaired) electrons. The molecule has 1 N–H and O–H groups in total. The fourth-order valence-electron chi connectivity index (χ4n) is 3.45. The first-order valence-corrected chi connectivity index (χ1v) is 9.98. The molecule has 2 aromatic heterocycles. The van der Waals surface area contributed by atoms with E-state index in [1.165, 1.54) is 16.8 Å². The van der Waals surface area contributed by atoms with Gasteiger partial charge in [0.2, 0.25) is 5.78 Å². The smallest absolute Gasteiger partial charge is 0.359 e. The van der Waals surface area contributed by atoms with E-state index in [2.05, 4.69) is 10.1 Å². The molecular formula is C24H21N3O4. The van der Waals surface area contributed by atoms with Crippen molar-refractivity contribution in [2.24, 2.45) is 0 Å². The van der Waals surface area contributed by atoms with Crippen LogP contribution in [0.25, 0.3) is 10.9 Å². The van der Waals surface area contributed by atoms with Crippen LogP contribution in [0.1, 0.15) is 38.9 Å². The van der Waals surface area contributed by atoms with Gasteiger partial charge in [-0.2, -0.15) is 5.10 Å². The fraction of sp³-hybridized carbons (Fsp3) is 0.167. The molecule has 0 aliphatic heterocycles. The number of hydrogen-bond acceptors (Lipinski definition) is 5. The second kappa shape index (κ2) is 8.79. The Balaban J connectivity index is 1.47. The van der Waals surface area contributed by atoms with Crippen molar-refractivity contribution < 1.29 is 14.3 Å². The zero-order valence-corrected chi connectivity index (χ0v) is 17.0. The number of aryl methyl sites for hydroxylation is 1. The fourth-order valence-corrected chi connectivity index (χ4v) is 3.45. The number of esters is 1. The van der Waals surface area contributed by atoms with E-state index < -0.39 is 12.6 Å². The lowest BCUT2D eigenvalue weighted by Crippen LogP contribution is -2.26. The van der Waals surface area contributed by atoms with Gasteiger partial charge >= 0.3 is 5.97 Å². The molecule has 7 nitrogen and oxygen atoms in total. The van der Waals surface area contributed by atoms with Crippen LogP contribution in [0.5, 0.6) is 0 Å². The molecule has 0 aliphatic carbocycles. The summed E-state index contributed by atoms with van der Waals surface area (Å²) in [6.45, 7) is 1.86. The number of ketones is 1. The highest BCUT2D eigenvalue weighted by molar-refractivity contribution is 6.09. The number of benzene rings is 2. The van der Waals surface area contributed by atoms with Gasteiger partial charge in [0, 0.05) is 28.7 Å². The highest BCUT2D eigenvalue weighted by Crippen LogP contribution is 2.22. The number of carbonyl (C=O) groups excluding carboxylic acids is 2. The number of carbonyl (C=O) groups is 2. The summed E-state index contributed by atoms with van der Waals surface area (Å²) < 4.78 is 6.38. The summed E-state index contributed by atoms with van der Waals surface area (Å²) in [5.74, 6) is -1.07. The Morgan fingerprint density at radius 1 is 1.03 bits per heavy atom. The first-order valence-electron chi connectivity index (χ1n) is 9.98. The van der Waals surface area contributed by atoms with E-state index in [0.717, 1.165) is 28.5 Å². The number of aromatic nitrogens is 3. The molecule has 0 amide bonds. The molecule has 0 fully saturated rings. The van der Waals surface area contributed by atoms with E-state index in [9.17, 15) is 14.4 Å². The third kappa shape index (κ3) is 4.30. The quantitative estimate of drug-likeness (QED) is 0.369. The number of aromatic amines is 1. The average molecular weight is 415 g/mol. The molecule has 0 saturated heterocycles. The maximum atomic E-state index is 12.6. The molecule has 0 bridgehead atoms. The minimum atomic E-state index is -0.760. The van der Waals surface area contributed by atoms with Crippen LogP contribution in [0, 0.1) is 0 Å². The number of para-hydroxylation sites is 1. The first-order chi connectivity index (χ1) is 15.1. The number of rotatable bonds is 7. The highest BCUT2D eigenvalue weighted by atomic mass is 16.5. The van der Waals surface area contributed by atoms with Gasteiger partial charge in [-0.3, -0.25) is 9.59 Å². The Morgan fingerprint density at radius 3 is 2.61 bits per heavy atom. The van der Waals surface area contributed by atoms with Gasteiger partial charge in [0.1, 0.15) is 0 Å². The van der Waals surface area contributed by atoms with E-state index in [1.54, 1.807) is 6.20 Å². The van der Waals surface area contributed by atoms with E-state index >= 15 is 0 Å². The molecule has 0 atom stereocenters. The van der Waals surface area contributed by atoms with E-state index in [0.29, 0.717) is 5.56 Å². The molecule has 4 aromatic rings. The largest absolute Gasteiger partial charge is 0.453 e. The van der Waals surface area contributed by atoms with Gasteiger partial charge in [-0.1, -0.05) is 55.5 Å². The number of nitrogens with one attached hydrogen (secondary N) is 1. The van der Waals surface area contributed by atoms with E-state index in [1.807, 2.05) is 55.5 Å². The predicted molar refractivity (Wildman–Crippen MR) is 116 cm³/mol. The Bertz CT molecular complexity index is 1310. The Morgan fingerprint density at radius 2 is 1.84 bits per heavy atom. The van der Waals surface area contributed by atoms with Gasteiger partial charge in [0.25, 0.3) is 5.56 Å². The molecule has 31 heavy (non-hydrogen) atoms. The van der Waals surface area contributed by atoms with Crippen LogP contribution in [-0.4, -0.2) is 33.1 Å². The third-order valence-corrected chi connectivity index (χ3v) is 5.07. The molecule has 2 aromatic carbocycles. The normalized spacial score (nSPS) is 10.9. The first kappa shape index (κ1) is 20.3. The number of nitrogens with zero attached hydrogens (tertiary/aromatic N) is 2. The Hall–Kier alpha value is -4.00. The molecule has 4 rings (SSSR count). The molecule has 156 valence electrons. The molecular weight excluding hydrogens is 394 g/mol. The van der Waals surface area contributed by atoms with Gasteiger partial charge in [0.15, 0.2) is 12.3 Å². The maximum absolute atomic E-state index is 12.6. The summed E-state index contributed by atoms with van der Waals surface area (Å²) in [6, 6.07) is 17.7. The molecule has 0 saturated carbocycles. The summed E-state index contributed by atoms with van der Waals surface area (Å²) in [5, 5.41) is 4.89. The van der Waals surface area contributed by atoms with Gasteiger partial charge in [-0.05, 0) is 23.6 Å². The highest BCUT2D eigenvalue weighted by Gasteiger charge is 2.17. The number of Topliss-reactive ketones (excluding diaryl/α,β-unsaturated/α-hetero) is 1. The molecule has 0 spiro atoms. The van der Waals surface area contributed by atoms with Gasteiger partial charge in [0.05, 0.1) is 6.54 Å². The number of H-pyrrole nitrogens is 1. The molecule has 7 heteroatoms. The maximum Gasteiger partial charge on any atom is 0.359 e. The average Bonchev–Trinajstić information content (AvgIpc) is 3.24. The van der Waals surface area contributed by atoms with Crippen LogP contribution in [0.3, 0.4) is 0 Å². The van der Waals surface area contributed by atoms with Gasteiger partial charge < -0.3 is 9.72 Å². The third-order valence-electron chi connectivity index (χ3n) is 5.07. The monoisotopic (exact) mass is 415 g/mol. The summed E-state index contributed by atoms with van der Waals surface area (Å²) in [7, 11) is 0. The van der Waals surface area contributed by atoms with E-state index in [-0.39, 0.29) is 23.6 Å². The van der Waals surface area contributed by atoms with Crippen molar-refractivity contribution in [3.63, 3.8) is 0 Å². The summed E-state index contributed by atoms with van der Waals surface area (Å²) >= 11 is 0. The van der Waals surface area contributed by atoms with Crippen molar-refractivity contribution >= 4 is 22.7 Å². The lowest BCUT2D eigenvalue weighted by atomic mass is 10.1. The lowest BCUT2D eigenvalue weighted by molar-refractivity contribution is 0.0466. The number of hydrogen-bond donors (Lipinski definition) is 1. The predicted octanol–water partition coefficient (Wildman–Crippen LogP) is 3.38. The van der Waals surface area contributed by atoms with Crippen LogP contribution in [-0.2, 0) is 17.7 Å². The van der Waals surface area contributed by atoms with Crippen LogP contribution in [0.15, 0.2) is 71.7 Å². The summed E-state index contributed by atoms with van der Waals surface area (Å²) in [4.78, 5) is 40.3. The van der Waals surface area contributed by atoms with Crippen molar-refractivity contribution in [1.82, 2.24) is 14.8 Å². The van der Waals surface area contributed by atoms with Gasteiger partial charge in [-0.15, -0.1) is 0 Å². The van der Waals surface area contributed by atoms with Crippen molar-refractivity contribution in [3.05, 3.63) is 99.6 Å². The zero-order chi connectivity index (χ0) is 21.8. The number of ether oxygens (including phenoxy) is 1. The molecule has 2 heterocycles. The molecule has 0 unspecified atom stereocenters. The standard InChI is InChI=1S/C24H21N3O4/c1-2-17-9-6-10-18-19(13-25-23(17)18)21(28)15-31-24(30)20-11-12-22(29)27(26-20)14-16-7-4-3-5-8-16/h3-13,25H,2,14-15H2,1H3. The Labute approximate surface area is 178 Å². The lowest BCUT2D eigenvalue weighted by Gasteiger charge is -2.07.